The van der Waals surface area contributed by atoms with Crippen LogP contribution in [-0.2, 0) is 4.74 Å². The molecule has 3 rings (SSSR count). The molecule has 2 fully saturated rings. The predicted octanol–water partition coefficient (Wildman–Crippen LogP) is 1.68. The van der Waals surface area contributed by atoms with Crippen LogP contribution in [0.1, 0.15) is 48.3 Å². The van der Waals surface area contributed by atoms with Gasteiger partial charge in [0.05, 0.1) is 17.9 Å². The zero-order valence-corrected chi connectivity index (χ0v) is 13.5. The number of piperidine rings is 1. The number of likely N-dealkylation sites (tertiary alicyclic amines) is 1. The molecule has 1 aromatic rings. The fourth-order valence-corrected chi connectivity index (χ4v) is 3.82. The summed E-state index contributed by atoms with van der Waals surface area (Å²) >= 11 is 0. The molecule has 2 aliphatic rings. The normalized spacial score (nSPS) is 27.0. The van der Waals surface area contributed by atoms with Crippen LogP contribution in [0.15, 0.2) is 4.42 Å². The standard InChI is InChI=1S/C16H24N2O4/c1-4-21-13-9-12(19)16(13)5-7-18(8-6-16)15(20)14-10(2)17-11(3)22-14/h12-13,19H,4-9H2,1-3H3/t12-,13-/m0/s1. The Morgan fingerprint density at radius 1 is 1.45 bits per heavy atom. The highest BCUT2D eigenvalue weighted by molar-refractivity contribution is 5.92. The smallest absolute Gasteiger partial charge is 0.291 e. The third-order valence-electron chi connectivity index (χ3n) is 5.19. The van der Waals surface area contributed by atoms with E-state index in [4.69, 9.17) is 9.15 Å². The highest BCUT2D eigenvalue weighted by Crippen LogP contribution is 2.51. The molecular weight excluding hydrogens is 284 g/mol. The SMILES string of the molecule is CCO[C@H]1C[C@H](O)C12CCN(C(=O)c1oc(C)nc1C)CC2. The average Bonchev–Trinajstić information content (AvgIpc) is 2.85. The number of amides is 1. The summed E-state index contributed by atoms with van der Waals surface area (Å²) in [5, 5.41) is 10.2. The van der Waals surface area contributed by atoms with E-state index in [1.807, 2.05) is 6.92 Å². The van der Waals surface area contributed by atoms with Gasteiger partial charge < -0.3 is 19.2 Å². The van der Waals surface area contributed by atoms with Crippen molar-refractivity contribution < 1.29 is 19.1 Å². The molecule has 6 nitrogen and oxygen atoms in total. The zero-order valence-electron chi connectivity index (χ0n) is 13.5. The number of aromatic nitrogens is 1. The Morgan fingerprint density at radius 3 is 2.64 bits per heavy atom. The zero-order chi connectivity index (χ0) is 15.9. The van der Waals surface area contributed by atoms with Gasteiger partial charge in [0, 0.05) is 38.5 Å². The van der Waals surface area contributed by atoms with Crippen molar-refractivity contribution in [3.8, 4) is 0 Å². The maximum atomic E-state index is 12.5. The lowest BCUT2D eigenvalue weighted by atomic mass is 9.58. The summed E-state index contributed by atoms with van der Waals surface area (Å²) in [6.07, 6.45) is 2.07. The van der Waals surface area contributed by atoms with Crippen LogP contribution in [0, 0.1) is 19.3 Å². The number of hydrogen-bond donors (Lipinski definition) is 1. The van der Waals surface area contributed by atoms with Crippen LogP contribution in [0.5, 0.6) is 0 Å². The van der Waals surface area contributed by atoms with E-state index >= 15 is 0 Å². The van der Waals surface area contributed by atoms with E-state index in [-0.39, 0.29) is 23.5 Å². The van der Waals surface area contributed by atoms with E-state index in [9.17, 15) is 9.90 Å². The number of rotatable bonds is 3. The molecular formula is C16H24N2O4. The van der Waals surface area contributed by atoms with Crippen molar-refractivity contribution in [3.05, 3.63) is 17.3 Å². The van der Waals surface area contributed by atoms with Gasteiger partial charge in [0.1, 0.15) is 0 Å². The molecule has 6 heteroatoms. The quantitative estimate of drug-likeness (QED) is 0.919. The highest BCUT2D eigenvalue weighted by atomic mass is 16.5. The Kier molecular flexibility index (Phi) is 3.99. The summed E-state index contributed by atoms with van der Waals surface area (Å²) in [5.74, 6) is 0.749. The fraction of sp³-hybridized carbons (Fsp3) is 0.750. The van der Waals surface area contributed by atoms with Crippen molar-refractivity contribution in [2.24, 2.45) is 5.41 Å². The van der Waals surface area contributed by atoms with E-state index in [1.165, 1.54) is 0 Å². The predicted molar refractivity (Wildman–Crippen MR) is 79.6 cm³/mol. The number of aryl methyl sites for hydroxylation is 2. The third kappa shape index (κ3) is 2.34. The van der Waals surface area contributed by atoms with Crippen LogP contribution in [0.25, 0.3) is 0 Å². The number of aliphatic hydroxyl groups is 1. The Labute approximate surface area is 130 Å². The molecule has 0 unspecified atom stereocenters. The van der Waals surface area contributed by atoms with Crippen molar-refractivity contribution >= 4 is 5.91 Å². The van der Waals surface area contributed by atoms with E-state index < -0.39 is 0 Å². The molecule has 22 heavy (non-hydrogen) atoms. The van der Waals surface area contributed by atoms with Gasteiger partial charge in [-0.05, 0) is 26.7 Å². The minimum Gasteiger partial charge on any atom is -0.436 e. The molecule has 2 atom stereocenters. The van der Waals surface area contributed by atoms with E-state index in [0.29, 0.717) is 43.5 Å². The Morgan fingerprint density at radius 2 is 2.14 bits per heavy atom. The van der Waals surface area contributed by atoms with Crippen molar-refractivity contribution in [1.82, 2.24) is 9.88 Å². The first-order valence-electron chi connectivity index (χ1n) is 8.01. The van der Waals surface area contributed by atoms with Gasteiger partial charge in [0.2, 0.25) is 5.76 Å². The maximum absolute atomic E-state index is 12.5. The third-order valence-corrected chi connectivity index (χ3v) is 5.19. The van der Waals surface area contributed by atoms with E-state index in [2.05, 4.69) is 4.98 Å². The second kappa shape index (κ2) is 5.66. The molecule has 0 bridgehead atoms. The van der Waals surface area contributed by atoms with Crippen LogP contribution in [0.4, 0.5) is 0 Å². The summed E-state index contributed by atoms with van der Waals surface area (Å²) in [4.78, 5) is 18.5. The van der Waals surface area contributed by atoms with Gasteiger partial charge in [-0.3, -0.25) is 4.79 Å². The topological polar surface area (TPSA) is 75.8 Å². The lowest BCUT2D eigenvalue weighted by Gasteiger charge is -2.56. The van der Waals surface area contributed by atoms with Gasteiger partial charge in [-0.1, -0.05) is 0 Å². The van der Waals surface area contributed by atoms with Gasteiger partial charge in [0.15, 0.2) is 5.89 Å². The summed E-state index contributed by atoms with van der Waals surface area (Å²) in [5.41, 5.74) is 0.470. The van der Waals surface area contributed by atoms with Crippen molar-refractivity contribution in [1.29, 1.82) is 0 Å². The molecule has 1 spiro atoms. The molecule has 1 aliphatic heterocycles. The number of carbonyl (C=O) groups is 1. The molecule has 0 aromatic carbocycles. The van der Waals surface area contributed by atoms with Crippen LogP contribution < -0.4 is 0 Å². The first-order chi connectivity index (χ1) is 10.5. The second-order valence-electron chi connectivity index (χ2n) is 6.37. The molecule has 1 saturated heterocycles. The van der Waals surface area contributed by atoms with Gasteiger partial charge in [-0.2, -0.15) is 0 Å². The highest BCUT2D eigenvalue weighted by Gasteiger charge is 2.56. The molecule has 1 amide bonds. The minimum absolute atomic E-state index is 0.102. The molecule has 122 valence electrons. The second-order valence-corrected chi connectivity index (χ2v) is 6.37. The molecule has 1 N–H and O–H groups in total. The average molecular weight is 308 g/mol. The number of nitrogens with zero attached hydrogens (tertiary/aromatic N) is 2. The number of oxazole rings is 1. The van der Waals surface area contributed by atoms with Crippen LogP contribution in [-0.4, -0.2) is 52.8 Å². The fourth-order valence-electron chi connectivity index (χ4n) is 3.82. The lowest BCUT2D eigenvalue weighted by Crippen LogP contribution is -2.62. The molecule has 1 aromatic heterocycles. The largest absolute Gasteiger partial charge is 0.436 e. The lowest BCUT2D eigenvalue weighted by molar-refractivity contribution is -0.207. The van der Waals surface area contributed by atoms with Crippen LogP contribution >= 0.6 is 0 Å². The molecule has 2 heterocycles. The van der Waals surface area contributed by atoms with Crippen molar-refractivity contribution in [2.45, 2.75) is 52.2 Å². The Balaban J connectivity index is 1.67. The van der Waals surface area contributed by atoms with E-state index in [1.54, 1.807) is 18.7 Å². The first kappa shape index (κ1) is 15.5. The van der Waals surface area contributed by atoms with Gasteiger partial charge in [-0.25, -0.2) is 4.98 Å². The Hall–Kier alpha value is -1.40. The first-order valence-corrected chi connectivity index (χ1v) is 8.01. The van der Waals surface area contributed by atoms with Crippen LogP contribution in [0.3, 0.4) is 0 Å². The molecule has 0 radical (unpaired) electrons. The molecule has 1 saturated carbocycles. The number of aliphatic hydroxyl groups excluding tert-OH is 1. The maximum Gasteiger partial charge on any atom is 0.291 e. The molecule has 1 aliphatic carbocycles. The van der Waals surface area contributed by atoms with Crippen molar-refractivity contribution in [3.63, 3.8) is 0 Å². The minimum atomic E-state index is -0.310. The van der Waals surface area contributed by atoms with Gasteiger partial charge in [0.25, 0.3) is 5.91 Å². The summed E-state index contributed by atoms with van der Waals surface area (Å²) < 4.78 is 11.2. The Bertz CT molecular complexity index is 558. The van der Waals surface area contributed by atoms with Crippen molar-refractivity contribution in [2.75, 3.05) is 19.7 Å². The monoisotopic (exact) mass is 308 g/mol. The summed E-state index contributed by atoms with van der Waals surface area (Å²) in [6, 6.07) is 0. The van der Waals surface area contributed by atoms with Crippen LogP contribution in [0.2, 0.25) is 0 Å². The summed E-state index contributed by atoms with van der Waals surface area (Å²) in [7, 11) is 0. The number of carbonyl (C=O) groups excluding carboxylic acids is 1. The number of ether oxygens (including phenoxy) is 1. The summed E-state index contributed by atoms with van der Waals surface area (Å²) in [6.45, 7) is 7.42. The van der Waals surface area contributed by atoms with Gasteiger partial charge in [-0.15, -0.1) is 0 Å². The number of hydrogen-bond acceptors (Lipinski definition) is 5. The van der Waals surface area contributed by atoms with E-state index in [0.717, 1.165) is 12.8 Å². The van der Waals surface area contributed by atoms with Gasteiger partial charge >= 0.3 is 0 Å².